The first-order chi connectivity index (χ1) is 12.6. The summed E-state index contributed by atoms with van der Waals surface area (Å²) in [5.41, 5.74) is 4.48. The van der Waals surface area contributed by atoms with E-state index in [1.54, 1.807) is 18.3 Å². The maximum atomic E-state index is 9.66. The fraction of sp³-hybridized carbons (Fsp3) is 0.100. The molecular formula is C20H18N4O2. The Morgan fingerprint density at radius 2 is 1.65 bits per heavy atom. The summed E-state index contributed by atoms with van der Waals surface area (Å²) >= 11 is 0. The van der Waals surface area contributed by atoms with Gasteiger partial charge in [0.15, 0.2) is 0 Å². The summed E-state index contributed by atoms with van der Waals surface area (Å²) in [5.74, 6) is 1.03. The zero-order valence-electron chi connectivity index (χ0n) is 14.5. The number of aryl methyl sites for hydroxylation is 2. The second kappa shape index (κ2) is 6.07. The van der Waals surface area contributed by atoms with Gasteiger partial charge in [0, 0.05) is 34.2 Å². The number of phenolic OH excluding ortho intramolecular Hbond substituents is 1. The number of hydrogen-bond donors (Lipinski definition) is 2. The van der Waals surface area contributed by atoms with Crippen LogP contribution >= 0.6 is 0 Å². The summed E-state index contributed by atoms with van der Waals surface area (Å²) in [7, 11) is 0. The summed E-state index contributed by atoms with van der Waals surface area (Å²) in [4.78, 5) is 4.56. The first kappa shape index (κ1) is 16.0. The molecule has 4 rings (SSSR count). The minimum absolute atomic E-state index is 0.199. The van der Waals surface area contributed by atoms with Crippen molar-refractivity contribution in [2.75, 3.05) is 0 Å². The quantitative estimate of drug-likeness (QED) is 0.335. The highest BCUT2D eigenvalue weighted by Crippen LogP contribution is 2.32. The van der Waals surface area contributed by atoms with Crippen LogP contribution in [0.5, 0.6) is 5.75 Å². The molecule has 2 N–H and O–H groups in total. The van der Waals surface area contributed by atoms with E-state index in [1.165, 1.54) is 6.21 Å². The molecule has 0 spiro atoms. The number of benzene rings is 1. The Kier molecular flexibility index (Phi) is 3.73. The van der Waals surface area contributed by atoms with E-state index >= 15 is 0 Å². The molecule has 0 unspecified atom stereocenters. The molecule has 0 amide bonds. The van der Waals surface area contributed by atoms with Crippen molar-refractivity contribution in [3.05, 3.63) is 71.7 Å². The van der Waals surface area contributed by atoms with Crippen LogP contribution in [0.1, 0.15) is 17.0 Å². The third-order valence-electron chi connectivity index (χ3n) is 4.52. The molecule has 0 saturated carbocycles. The van der Waals surface area contributed by atoms with E-state index in [-0.39, 0.29) is 5.75 Å². The summed E-state index contributed by atoms with van der Waals surface area (Å²) in [6.07, 6.45) is 3.17. The molecule has 1 aromatic carbocycles. The maximum absolute atomic E-state index is 9.66. The van der Waals surface area contributed by atoms with E-state index in [9.17, 15) is 10.3 Å². The van der Waals surface area contributed by atoms with Crippen molar-refractivity contribution in [2.24, 2.45) is 5.16 Å². The molecule has 0 fully saturated rings. The molecule has 0 aliphatic carbocycles. The summed E-state index contributed by atoms with van der Waals surface area (Å²) in [5, 5.41) is 23.1. The highest BCUT2D eigenvalue weighted by molar-refractivity contribution is 6.03. The Morgan fingerprint density at radius 3 is 2.31 bits per heavy atom. The number of pyridine rings is 1. The van der Waals surface area contributed by atoms with Gasteiger partial charge in [0.05, 0.1) is 6.21 Å². The predicted octanol–water partition coefficient (Wildman–Crippen LogP) is 3.95. The van der Waals surface area contributed by atoms with Gasteiger partial charge in [0.2, 0.25) is 0 Å². The molecule has 0 bridgehead atoms. The average molecular weight is 346 g/mol. The molecule has 130 valence electrons. The van der Waals surface area contributed by atoms with Gasteiger partial charge in [-0.3, -0.25) is 4.57 Å². The third kappa shape index (κ3) is 2.35. The Labute approximate surface area is 150 Å². The Balaban J connectivity index is 2.19. The number of nitrogens with zero attached hydrogens (tertiary/aromatic N) is 4. The second-order valence-corrected chi connectivity index (χ2v) is 6.16. The largest absolute Gasteiger partial charge is 0.508 e. The number of rotatable bonds is 3. The molecular weight excluding hydrogens is 328 g/mol. The van der Waals surface area contributed by atoms with Crippen molar-refractivity contribution in [1.29, 1.82) is 0 Å². The normalized spacial score (nSPS) is 11.6. The Hall–Kier alpha value is -3.54. The van der Waals surface area contributed by atoms with Gasteiger partial charge in [0.25, 0.3) is 0 Å². The van der Waals surface area contributed by atoms with Crippen LogP contribution in [0, 0.1) is 13.8 Å². The number of aromatic nitrogens is 3. The molecule has 26 heavy (non-hydrogen) atoms. The van der Waals surface area contributed by atoms with Gasteiger partial charge in [-0.05, 0) is 62.4 Å². The van der Waals surface area contributed by atoms with Crippen molar-refractivity contribution < 1.29 is 10.3 Å². The zero-order valence-corrected chi connectivity index (χ0v) is 14.5. The van der Waals surface area contributed by atoms with Crippen LogP contribution in [-0.4, -0.2) is 30.6 Å². The van der Waals surface area contributed by atoms with E-state index in [0.717, 1.165) is 39.5 Å². The van der Waals surface area contributed by atoms with Crippen LogP contribution in [0.3, 0.4) is 0 Å². The fourth-order valence-corrected chi connectivity index (χ4v) is 3.38. The van der Waals surface area contributed by atoms with Gasteiger partial charge in [-0.1, -0.05) is 5.16 Å². The van der Waals surface area contributed by atoms with Gasteiger partial charge < -0.3 is 14.9 Å². The molecule has 0 aliphatic heterocycles. The molecule has 0 radical (unpaired) electrons. The Bertz CT molecular complexity index is 1100. The number of aromatic hydroxyl groups is 1. The third-order valence-corrected chi connectivity index (χ3v) is 4.52. The van der Waals surface area contributed by atoms with E-state index in [2.05, 4.69) is 14.7 Å². The molecule has 6 heteroatoms. The number of fused-ring (bicyclic) bond motifs is 1. The highest BCUT2D eigenvalue weighted by atomic mass is 16.4. The fourth-order valence-electron chi connectivity index (χ4n) is 3.38. The van der Waals surface area contributed by atoms with Crippen molar-refractivity contribution in [2.45, 2.75) is 13.8 Å². The van der Waals surface area contributed by atoms with E-state index in [0.29, 0.717) is 0 Å². The Morgan fingerprint density at radius 1 is 0.962 bits per heavy atom. The van der Waals surface area contributed by atoms with Crippen LogP contribution in [0.4, 0.5) is 0 Å². The molecule has 3 aromatic heterocycles. The van der Waals surface area contributed by atoms with Crippen LogP contribution in [0.2, 0.25) is 0 Å². The zero-order chi connectivity index (χ0) is 18.3. The van der Waals surface area contributed by atoms with E-state index in [4.69, 9.17) is 0 Å². The SMILES string of the molecule is Cc1ccc(C)n1-c1c(/C=N/O)c2cccnc2n1-c1ccc(O)cc1. The van der Waals surface area contributed by atoms with Crippen LogP contribution in [0.25, 0.3) is 22.5 Å². The number of phenols is 1. The summed E-state index contributed by atoms with van der Waals surface area (Å²) in [6.45, 7) is 4.05. The van der Waals surface area contributed by atoms with Gasteiger partial charge in [-0.2, -0.15) is 0 Å². The lowest BCUT2D eigenvalue weighted by atomic mass is 10.2. The van der Waals surface area contributed by atoms with Crippen molar-refractivity contribution in [3.8, 4) is 17.3 Å². The lowest BCUT2D eigenvalue weighted by Gasteiger charge is -2.15. The molecule has 0 atom stereocenters. The molecule has 0 saturated heterocycles. The second-order valence-electron chi connectivity index (χ2n) is 6.16. The van der Waals surface area contributed by atoms with E-state index in [1.807, 2.05) is 54.8 Å². The summed E-state index contributed by atoms with van der Waals surface area (Å²) < 4.78 is 4.11. The van der Waals surface area contributed by atoms with Crippen molar-refractivity contribution >= 4 is 17.2 Å². The lowest BCUT2D eigenvalue weighted by molar-refractivity contribution is 0.322. The first-order valence-electron chi connectivity index (χ1n) is 8.23. The lowest BCUT2D eigenvalue weighted by Crippen LogP contribution is -2.09. The topological polar surface area (TPSA) is 75.6 Å². The van der Waals surface area contributed by atoms with Gasteiger partial charge in [-0.25, -0.2) is 4.98 Å². The molecule has 4 aromatic rings. The highest BCUT2D eigenvalue weighted by Gasteiger charge is 2.21. The van der Waals surface area contributed by atoms with E-state index < -0.39 is 0 Å². The molecule has 3 heterocycles. The minimum Gasteiger partial charge on any atom is -0.508 e. The monoisotopic (exact) mass is 346 g/mol. The van der Waals surface area contributed by atoms with Gasteiger partial charge in [-0.15, -0.1) is 0 Å². The standard InChI is InChI=1S/C20H18N4O2/c1-13-5-6-14(2)23(13)20-18(12-22-26)17-4-3-11-21-19(17)24(20)15-7-9-16(25)10-8-15/h3-12,25-26H,1-2H3/b22-12+. The summed E-state index contributed by atoms with van der Waals surface area (Å²) in [6, 6.07) is 14.8. The molecule has 6 nitrogen and oxygen atoms in total. The average Bonchev–Trinajstić information content (AvgIpc) is 3.13. The van der Waals surface area contributed by atoms with Gasteiger partial charge in [0.1, 0.15) is 17.2 Å². The van der Waals surface area contributed by atoms with Crippen molar-refractivity contribution in [3.63, 3.8) is 0 Å². The smallest absolute Gasteiger partial charge is 0.146 e. The number of oxime groups is 1. The minimum atomic E-state index is 0.199. The van der Waals surface area contributed by atoms with Crippen molar-refractivity contribution in [1.82, 2.24) is 14.1 Å². The van der Waals surface area contributed by atoms with Crippen LogP contribution < -0.4 is 0 Å². The first-order valence-corrected chi connectivity index (χ1v) is 8.23. The predicted molar refractivity (Wildman–Crippen MR) is 101 cm³/mol. The maximum Gasteiger partial charge on any atom is 0.146 e. The molecule has 0 aliphatic rings. The number of hydrogen-bond acceptors (Lipinski definition) is 4. The van der Waals surface area contributed by atoms with Crippen LogP contribution in [-0.2, 0) is 0 Å². The van der Waals surface area contributed by atoms with Crippen LogP contribution in [0.15, 0.2) is 59.9 Å². The van der Waals surface area contributed by atoms with Gasteiger partial charge >= 0.3 is 0 Å².